The minimum atomic E-state index is -0.624. The third-order valence-electron chi connectivity index (χ3n) is 2.56. The molecule has 2 amide bonds. The van der Waals surface area contributed by atoms with E-state index in [-0.39, 0.29) is 23.0 Å². The third-order valence-corrected chi connectivity index (χ3v) is 2.56. The van der Waals surface area contributed by atoms with Crippen LogP contribution >= 0.6 is 0 Å². The van der Waals surface area contributed by atoms with E-state index in [0.29, 0.717) is 5.56 Å². The molecule has 7 heteroatoms. The van der Waals surface area contributed by atoms with Crippen molar-refractivity contribution in [2.24, 2.45) is 5.92 Å². The fourth-order valence-corrected chi connectivity index (χ4v) is 1.57. The number of aromatic nitrogens is 1. The van der Waals surface area contributed by atoms with Gasteiger partial charge in [0.1, 0.15) is 0 Å². The summed E-state index contributed by atoms with van der Waals surface area (Å²) in [7, 11) is 0. The largest absolute Gasteiger partial charge is 0.363 e. The Labute approximate surface area is 110 Å². The van der Waals surface area contributed by atoms with Gasteiger partial charge in [0.2, 0.25) is 5.91 Å². The predicted molar refractivity (Wildman–Crippen MR) is 67.7 cm³/mol. The Morgan fingerprint density at radius 3 is 2.37 bits per heavy atom. The molecular weight excluding hydrogens is 250 g/mol. The first-order chi connectivity index (χ1) is 8.73. The highest BCUT2D eigenvalue weighted by atomic mass is 16.6. The quantitative estimate of drug-likeness (QED) is 0.659. The molecule has 1 aromatic rings. The second-order valence-corrected chi connectivity index (χ2v) is 4.49. The normalized spacial score (nSPS) is 10.4. The molecule has 0 radical (unpaired) electrons. The lowest BCUT2D eigenvalue weighted by atomic mass is 10.1. The lowest BCUT2D eigenvalue weighted by Gasteiger charge is -2.08. The summed E-state index contributed by atoms with van der Waals surface area (Å²) >= 11 is 0. The molecule has 102 valence electrons. The van der Waals surface area contributed by atoms with E-state index in [2.05, 4.69) is 10.3 Å². The molecule has 0 atom stereocenters. The van der Waals surface area contributed by atoms with Gasteiger partial charge in [-0.25, -0.2) is 0 Å². The Morgan fingerprint density at radius 1 is 1.37 bits per heavy atom. The number of pyridine rings is 1. The van der Waals surface area contributed by atoms with Crippen molar-refractivity contribution in [1.82, 2.24) is 10.3 Å². The second-order valence-electron chi connectivity index (χ2n) is 4.49. The van der Waals surface area contributed by atoms with Gasteiger partial charge in [0.05, 0.1) is 5.56 Å². The van der Waals surface area contributed by atoms with E-state index in [1.54, 1.807) is 20.8 Å². The van der Waals surface area contributed by atoms with Gasteiger partial charge in [-0.2, -0.15) is 0 Å². The minimum absolute atomic E-state index is 0.194. The van der Waals surface area contributed by atoms with Gasteiger partial charge in [-0.05, 0) is 22.4 Å². The van der Waals surface area contributed by atoms with Gasteiger partial charge in [0.15, 0.2) is 5.69 Å². The zero-order valence-corrected chi connectivity index (χ0v) is 11.2. The van der Waals surface area contributed by atoms with Gasteiger partial charge in [-0.3, -0.25) is 14.9 Å². The van der Waals surface area contributed by atoms with E-state index in [1.807, 2.05) is 0 Å². The average molecular weight is 265 g/mol. The number of imide groups is 1. The first-order valence-electron chi connectivity index (χ1n) is 5.71. The zero-order valence-electron chi connectivity index (χ0n) is 11.2. The number of hydrogen-bond donors (Lipinski definition) is 1. The molecule has 7 nitrogen and oxygen atoms in total. The molecule has 19 heavy (non-hydrogen) atoms. The van der Waals surface area contributed by atoms with Crippen LogP contribution in [0.15, 0.2) is 6.07 Å². The lowest BCUT2D eigenvalue weighted by molar-refractivity contribution is -0.389. The highest BCUT2D eigenvalue weighted by Crippen LogP contribution is 2.18. The summed E-state index contributed by atoms with van der Waals surface area (Å²) in [6.07, 6.45) is 0. The van der Waals surface area contributed by atoms with Gasteiger partial charge in [-0.1, -0.05) is 13.8 Å². The first-order valence-corrected chi connectivity index (χ1v) is 5.71. The Hall–Kier alpha value is -2.31. The van der Waals surface area contributed by atoms with Crippen LogP contribution in [0.3, 0.4) is 0 Å². The van der Waals surface area contributed by atoms with Crippen molar-refractivity contribution >= 4 is 17.6 Å². The lowest BCUT2D eigenvalue weighted by Crippen LogP contribution is -2.34. The molecule has 0 spiro atoms. The minimum Gasteiger partial charge on any atom is -0.358 e. The van der Waals surface area contributed by atoms with Crippen LogP contribution in [-0.4, -0.2) is 21.7 Å². The Kier molecular flexibility index (Phi) is 4.31. The predicted octanol–water partition coefficient (Wildman–Crippen LogP) is 1.52. The number of carbonyl (C=O) groups is 2. The molecule has 1 aromatic heterocycles. The fourth-order valence-electron chi connectivity index (χ4n) is 1.57. The molecule has 0 aliphatic heterocycles. The van der Waals surface area contributed by atoms with E-state index < -0.39 is 16.7 Å². The van der Waals surface area contributed by atoms with Crippen LogP contribution in [-0.2, 0) is 4.79 Å². The number of amides is 2. The molecule has 0 saturated heterocycles. The summed E-state index contributed by atoms with van der Waals surface area (Å²) in [5.74, 6) is -1.63. The van der Waals surface area contributed by atoms with E-state index in [0.717, 1.165) is 0 Å². The van der Waals surface area contributed by atoms with Crippen LogP contribution in [0, 0.1) is 29.9 Å². The van der Waals surface area contributed by atoms with E-state index in [9.17, 15) is 19.7 Å². The zero-order chi connectivity index (χ0) is 14.7. The van der Waals surface area contributed by atoms with E-state index in [1.165, 1.54) is 13.0 Å². The van der Waals surface area contributed by atoms with Crippen molar-refractivity contribution in [2.75, 3.05) is 0 Å². The topological polar surface area (TPSA) is 102 Å². The number of rotatable bonds is 3. The van der Waals surface area contributed by atoms with Gasteiger partial charge in [0.25, 0.3) is 5.91 Å². The van der Waals surface area contributed by atoms with Crippen LogP contribution in [0.2, 0.25) is 0 Å². The molecule has 0 saturated carbocycles. The highest BCUT2D eigenvalue weighted by molar-refractivity contribution is 6.06. The second kappa shape index (κ2) is 5.55. The smallest absolute Gasteiger partial charge is 0.358 e. The molecule has 0 aromatic carbocycles. The SMILES string of the molecule is Cc1cc([N+](=O)[O-])nc(C)c1C(=O)NC(=O)C(C)C. The van der Waals surface area contributed by atoms with Crippen molar-refractivity contribution in [2.45, 2.75) is 27.7 Å². The molecular formula is C12H15N3O4. The van der Waals surface area contributed by atoms with Gasteiger partial charge >= 0.3 is 5.82 Å². The summed E-state index contributed by atoms with van der Waals surface area (Å²) < 4.78 is 0. The van der Waals surface area contributed by atoms with Crippen molar-refractivity contribution in [1.29, 1.82) is 0 Å². The monoisotopic (exact) mass is 265 g/mol. The summed E-state index contributed by atoms with van der Waals surface area (Å²) in [5.41, 5.74) is 0.827. The highest BCUT2D eigenvalue weighted by Gasteiger charge is 2.22. The molecule has 0 aliphatic rings. The number of aryl methyl sites for hydroxylation is 2. The van der Waals surface area contributed by atoms with Crippen molar-refractivity contribution in [3.63, 3.8) is 0 Å². The summed E-state index contributed by atoms with van der Waals surface area (Å²) in [5, 5.41) is 12.9. The van der Waals surface area contributed by atoms with Crippen molar-refractivity contribution in [3.8, 4) is 0 Å². The summed E-state index contributed by atoms with van der Waals surface area (Å²) in [6.45, 7) is 6.39. The van der Waals surface area contributed by atoms with Crippen LogP contribution in [0.4, 0.5) is 5.82 Å². The summed E-state index contributed by atoms with van der Waals surface area (Å²) in [6, 6.07) is 1.21. The number of nitrogens with one attached hydrogen (secondary N) is 1. The maximum Gasteiger partial charge on any atom is 0.363 e. The molecule has 0 aliphatic carbocycles. The molecule has 0 bridgehead atoms. The van der Waals surface area contributed by atoms with Crippen molar-refractivity contribution < 1.29 is 14.5 Å². The molecule has 1 heterocycles. The number of carbonyl (C=O) groups excluding carboxylic acids is 2. The van der Waals surface area contributed by atoms with E-state index in [4.69, 9.17) is 0 Å². The van der Waals surface area contributed by atoms with Crippen LogP contribution in [0.1, 0.15) is 35.5 Å². The van der Waals surface area contributed by atoms with Gasteiger partial charge < -0.3 is 10.1 Å². The first kappa shape index (κ1) is 14.7. The van der Waals surface area contributed by atoms with Crippen molar-refractivity contribution in [3.05, 3.63) is 33.0 Å². The standard InChI is InChI=1S/C12H15N3O4/c1-6(2)11(16)14-12(17)10-7(3)5-9(15(18)19)13-8(10)4/h5-6H,1-4H3,(H,14,16,17). The molecule has 1 rings (SSSR count). The number of hydrogen-bond acceptors (Lipinski definition) is 5. The molecule has 1 N–H and O–H groups in total. The van der Waals surface area contributed by atoms with Crippen LogP contribution in [0.25, 0.3) is 0 Å². The van der Waals surface area contributed by atoms with Gasteiger partial charge in [0, 0.05) is 18.9 Å². The van der Waals surface area contributed by atoms with Crippen LogP contribution in [0.5, 0.6) is 0 Å². The number of nitro groups is 1. The Bertz CT molecular complexity index is 529. The Morgan fingerprint density at radius 2 is 1.95 bits per heavy atom. The van der Waals surface area contributed by atoms with Gasteiger partial charge in [-0.15, -0.1) is 0 Å². The maximum absolute atomic E-state index is 11.9. The van der Waals surface area contributed by atoms with E-state index >= 15 is 0 Å². The average Bonchev–Trinajstić information content (AvgIpc) is 2.27. The van der Waals surface area contributed by atoms with Crippen LogP contribution < -0.4 is 5.32 Å². The maximum atomic E-state index is 11.9. The Balaban J connectivity index is 3.11. The fraction of sp³-hybridized carbons (Fsp3) is 0.417. The third kappa shape index (κ3) is 3.34. The number of nitrogens with zero attached hydrogens (tertiary/aromatic N) is 2. The molecule has 0 fully saturated rings. The molecule has 0 unspecified atom stereocenters. The summed E-state index contributed by atoms with van der Waals surface area (Å²) in [4.78, 5) is 37.2.